The Morgan fingerprint density at radius 3 is 2.05 bits per heavy atom. The molecule has 1 aromatic carbocycles. The first-order valence-corrected chi connectivity index (χ1v) is 18.9. The van der Waals surface area contributed by atoms with E-state index in [0.29, 0.717) is 0 Å². The number of rotatable bonds is 11. The Bertz CT molecular complexity index is 1060. The summed E-state index contributed by atoms with van der Waals surface area (Å²) in [6.45, 7) is 23.5. The molecular weight excluding hydrogens is 532 g/mol. The van der Waals surface area contributed by atoms with Crippen molar-refractivity contribution in [3.8, 4) is 11.5 Å². The molecule has 2 rings (SSSR count). The van der Waals surface area contributed by atoms with E-state index in [9.17, 15) is 19.7 Å². The first kappa shape index (κ1) is 33.0. The van der Waals surface area contributed by atoms with Gasteiger partial charge >= 0.3 is 0 Å². The van der Waals surface area contributed by atoms with Crippen LogP contribution in [0.25, 0.3) is 0 Å². The van der Waals surface area contributed by atoms with Gasteiger partial charge in [0.2, 0.25) is 0 Å². The van der Waals surface area contributed by atoms with Crippen LogP contribution in [0.5, 0.6) is 11.5 Å². The van der Waals surface area contributed by atoms with Gasteiger partial charge in [-0.2, -0.15) is 0 Å². The van der Waals surface area contributed by atoms with E-state index in [-0.39, 0.29) is 69.8 Å². The number of nitrogens with zero attached hydrogens (tertiary/aromatic N) is 2. The Hall–Kier alpha value is -2.25. The Morgan fingerprint density at radius 1 is 1.08 bits per heavy atom. The number of ether oxygens (including phenoxy) is 1. The van der Waals surface area contributed by atoms with Crippen LogP contribution < -0.4 is 9.16 Å². The third-order valence-corrected chi connectivity index (χ3v) is 19.1. The molecule has 1 aromatic rings. The lowest BCUT2D eigenvalue weighted by molar-refractivity contribution is -0.385. The highest BCUT2D eigenvalue weighted by atomic mass is 28.4. The number of carbonyl (C=O) groups is 2. The lowest BCUT2D eigenvalue weighted by Gasteiger charge is -2.42. The van der Waals surface area contributed by atoms with E-state index in [4.69, 9.17) is 13.6 Å². The minimum Gasteiger partial charge on any atom is -0.540 e. The number of likely N-dealkylation sites (tertiary alicyclic amines) is 1. The summed E-state index contributed by atoms with van der Waals surface area (Å²) in [5.41, 5.74) is 0.222. The molecule has 1 atom stereocenters. The number of nitro groups is 1. The lowest BCUT2D eigenvalue weighted by Crippen LogP contribution is -2.50. The fourth-order valence-corrected chi connectivity index (χ4v) is 11.8. The van der Waals surface area contributed by atoms with Crippen molar-refractivity contribution in [2.75, 3.05) is 20.3 Å². The Morgan fingerprint density at radius 2 is 1.62 bits per heavy atom. The quantitative estimate of drug-likeness (QED) is 0.158. The van der Waals surface area contributed by atoms with Gasteiger partial charge in [0.25, 0.3) is 19.9 Å². The molecule has 1 fully saturated rings. The Balaban J connectivity index is 2.53. The number of benzene rings is 1. The first-order chi connectivity index (χ1) is 17.8. The summed E-state index contributed by atoms with van der Waals surface area (Å²) in [6.07, 6.45) is 0.164. The van der Waals surface area contributed by atoms with E-state index in [1.54, 1.807) is 0 Å². The normalized spacial score (nSPS) is 16.9. The number of ketones is 1. The van der Waals surface area contributed by atoms with Gasteiger partial charge in [0.05, 0.1) is 37.3 Å². The number of methoxy groups -OCH3 is 1. The molecule has 0 saturated carbocycles. The highest BCUT2D eigenvalue weighted by molar-refractivity contribution is 6.78. The van der Waals surface area contributed by atoms with E-state index in [0.717, 1.165) is 0 Å². The number of carbonyl (C=O) groups excluding carboxylic acids is 2. The van der Waals surface area contributed by atoms with Crippen LogP contribution in [0.3, 0.4) is 0 Å². The highest BCUT2D eigenvalue weighted by Gasteiger charge is 2.48. The largest absolute Gasteiger partial charge is 0.540 e. The van der Waals surface area contributed by atoms with E-state index >= 15 is 0 Å². The van der Waals surface area contributed by atoms with E-state index < -0.39 is 33.5 Å². The highest BCUT2D eigenvalue weighted by Crippen LogP contribution is 2.46. The molecule has 1 heterocycles. The average Bonchev–Trinajstić information content (AvgIpc) is 3.19. The summed E-state index contributed by atoms with van der Waals surface area (Å²) in [7, 11) is -3.13. The minimum absolute atomic E-state index is 0.0348. The van der Waals surface area contributed by atoms with Crippen molar-refractivity contribution in [2.24, 2.45) is 0 Å². The second-order valence-electron chi connectivity index (χ2n) is 13.1. The van der Waals surface area contributed by atoms with Crippen LogP contribution in [0.4, 0.5) is 5.69 Å². The van der Waals surface area contributed by atoms with Gasteiger partial charge in [-0.3, -0.25) is 19.7 Å². The number of hydrogen-bond donors (Lipinski definition) is 0. The van der Waals surface area contributed by atoms with Gasteiger partial charge < -0.3 is 18.5 Å². The number of hydrogen-bond acceptors (Lipinski definition) is 7. The van der Waals surface area contributed by atoms with E-state index in [1.807, 2.05) is 0 Å². The molecule has 1 saturated heterocycles. The fraction of sp³-hybridized carbons (Fsp3) is 0.714. The topological polar surface area (TPSA) is 108 Å². The summed E-state index contributed by atoms with van der Waals surface area (Å²) >= 11 is 0. The van der Waals surface area contributed by atoms with Crippen molar-refractivity contribution in [3.05, 3.63) is 27.8 Å². The smallest absolute Gasteiger partial charge is 0.286 e. The van der Waals surface area contributed by atoms with Crippen molar-refractivity contribution >= 4 is 34.0 Å². The molecule has 0 N–H and O–H groups in total. The molecule has 1 amide bonds. The molecule has 0 spiro atoms. The van der Waals surface area contributed by atoms with Gasteiger partial charge in [-0.05, 0) is 34.8 Å². The predicted octanol–water partition coefficient (Wildman–Crippen LogP) is 6.96. The van der Waals surface area contributed by atoms with Gasteiger partial charge in [0.15, 0.2) is 25.6 Å². The van der Waals surface area contributed by atoms with E-state index in [1.165, 1.54) is 24.1 Å². The summed E-state index contributed by atoms with van der Waals surface area (Å²) in [6, 6.07) is 2.23. The summed E-state index contributed by atoms with van der Waals surface area (Å²) in [5.74, 6) is -0.133. The molecule has 0 aliphatic carbocycles. The third-order valence-electron chi connectivity index (χ3n) is 8.66. The predicted molar refractivity (Wildman–Crippen MR) is 159 cm³/mol. The monoisotopic (exact) mass is 580 g/mol. The molecular formula is C28H48N2O7Si2. The number of Topliss-reactive ketones (excluding diaryl/α,β-unsaturated/α-hetero) is 1. The van der Waals surface area contributed by atoms with Gasteiger partial charge in [-0.1, -0.05) is 62.3 Å². The molecule has 9 nitrogen and oxygen atoms in total. The van der Waals surface area contributed by atoms with Crippen molar-refractivity contribution in [3.63, 3.8) is 0 Å². The zero-order chi connectivity index (χ0) is 30.1. The molecule has 0 unspecified atom stereocenters. The molecule has 11 heteroatoms. The van der Waals surface area contributed by atoms with Crippen molar-refractivity contribution in [2.45, 2.75) is 110 Å². The molecule has 0 bridgehead atoms. The SMILES string of the molecule is COc1cc(C(=O)N2CC(=O)C[C@H]2CO[Si](C)(C)C(C)(C)C)c([N+](=O)[O-])cc1O[Si](C(C)C)(C(C)C)C(C)C. The summed E-state index contributed by atoms with van der Waals surface area (Å²) < 4.78 is 18.7. The summed E-state index contributed by atoms with van der Waals surface area (Å²) in [4.78, 5) is 39.3. The van der Waals surface area contributed by atoms with Gasteiger partial charge in [0, 0.05) is 12.5 Å². The van der Waals surface area contributed by atoms with Crippen molar-refractivity contribution < 1.29 is 28.1 Å². The second kappa shape index (κ2) is 12.1. The van der Waals surface area contributed by atoms with Crippen LogP contribution in [0.15, 0.2) is 12.1 Å². The zero-order valence-electron chi connectivity index (χ0n) is 25.8. The van der Waals surface area contributed by atoms with Gasteiger partial charge in [-0.25, -0.2) is 0 Å². The van der Waals surface area contributed by atoms with Crippen LogP contribution in [0, 0.1) is 10.1 Å². The Labute approximate surface area is 236 Å². The lowest BCUT2D eigenvalue weighted by atomic mass is 10.1. The van der Waals surface area contributed by atoms with Crippen molar-refractivity contribution in [1.82, 2.24) is 4.90 Å². The second-order valence-corrected chi connectivity index (χ2v) is 23.3. The minimum atomic E-state index is -2.46. The molecule has 1 aliphatic heterocycles. The maximum atomic E-state index is 13.8. The first-order valence-electron chi connectivity index (χ1n) is 13.8. The summed E-state index contributed by atoms with van der Waals surface area (Å²) in [5, 5.41) is 12.2. The average molecular weight is 581 g/mol. The molecule has 39 heavy (non-hydrogen) atoms. The van der Waals surface area contributed by atoms with Crippen LogP contribution in [-0.2, 0) is 9.22 Å². The Kier molecular flexibility index (Phi) is 10.2. The number of amides is 1. The molecule has 0 aromatic heterocycles. The van der Waals surface area contributed by atoms with Crippen molar-refractivity contribution in [1.29, 1.82) is 0 Å². The maximum absolute atomic E-state index is 13.8. The van der Waals surface area contributed by atoms with E-state index in [2.05, 4.69) is 75.4 Å². The van der Waals surface area contributed by atoms with Crippen LogP contribution in [-0.4, -0.2) is 64.5 Å². The molecule has 220 valence electrons. The standard InChI is InChI=1S/C28H48N2O7Si2/c1-18(2)39(19(3)4,20(5)6)37-26-15-24(30(33)34)23(14-25(26)35-10)27(32)29-16-22(31)13-21(29)17-36-38(11,12)28(7,8)9/h14-15,18-21H,13,16-17H2,1-12H3/t21-/m0/s1. The van der Waals surface area contributed by atoms with Gasteiger partial charge in [0.1, 0.15) is 5.56 Å². The number of nitro benzene ring substituents is 1. The van der Waals surface area contributed by atoms with Crippen LogP contribution in [0.1, 0.15) is 79.1 Å². The molecule has 1 aliphatic rings. The van der Waals surface area contributed by atoms with Gasteiger partial charge in [-0.15, -0.1) is 0 Å². The van der Waals surface area contributed by atoms with Crippen LogP contribution in [0.2, 0.25) is 34.8 Å². The maximum Gasteiger partial charge on any atom is 0.286 e. The molecule has 0 radical (unpaired) electrons. The fourth-order valence-electron chi connectivity index (χ4n) is 5.47. The zero-order valence-corrected chi connectivity index (χ0v) is 27.8. The third kappa shape index (κ3) is 6.74. The van der Waals surface area contributed by atoms with Crippen LogP contribution >= 0.6 is 0 Å².